The summed E-state index contributed by atoms with van der Waals surface area (Å²) in [5, 5.41) is 0. The van der Waals surface area contributed by atoms with E-state index in [4.69, 9.17) is 0 Å². The van der Waals surface area contributed by atoms with E-state index in [0.717, 1.165) is 12.8 Å². The first-order valence-electron chi connectivity index (χ1n) is 8.36. The van der Waals surface area contributed by atoms with E-state index in [1.54, 1.807) is 4.90 Å². The van der Waals surface area contributed by atoms with Crippen molar-refractivity contribution in [1.82, 2.24) is 4.90 Å². The topological polar surface area (TPSA) is 54.5 Å². The Bertz CT molecular complexity index is 434. The van der Waals surface area contributed by atoms with Crippen molar-refractivity contribution in [3.8, 4) is 0 Å². The summed E-state index contributed by atoms with van der Waals surface area (Å²) in [4.78, 5) is 38.6. The van der Waals surface area contributed by atoms with Crippen LogP contribution in [-0.4, -0.2) is 35.0 Å². The highest BCUT2D eigenvalue weighted by Gasteiger charge is 2.41. The molecule has 1 saturated heterocycles. The number of rotatable bonds is 6. The van der Waals surface area contributed by atoms with Gasteiger partial charge in [-0.3, -0.25) is 9.59 Å². The highest BCUT2D eigenvalue weighted by Crippen LogP contribution is 2.33. The van der Waals surface area contributed by atoms with Gasteiger partial charge in [-0.1, -0.05) is 34.6 Å². The van der Waals surface area contributed by atoms with Gasteiger partial charge in [0.1, 0.15) is 5.78 Å². The Hall–Kier alpha value is -1.19. The van der Waals surface area contributed by atoms with Crippen molar-refractivity contribution in [3.05, 3.63) is 0 Å². The molecule has 1 fully saturated rings. The SMILES string of the molecule is CC(=O)CC(C(=O)N1CCCC1C(=O)CC(C)C)C(C)(C)C. The van der Waals surface area contributed by atoms with Gasteiger partial charge in [0.25, 0.3) is 0 Å². The zero-order valence-corrected chi connectivity index (χ0v) is 14.9. The van der Waals surface area contributed by atoms with Crippen molar-refractivity contribution < 1.29 is 14.4 Å². The smallest absolute Gasteiger partial charge is 0.227 e. The predicted molar refractivity (Wildman–Crippen MR) is 87.4 cm³/mol. The molecule has 4 heteroatoms. The van der Waals surface area contributed by atoms with E-state index >= 15 is 0 Å². The van der Waals surface area contributed by atoms with Gasteiger partial charge in [0.05, 0.1) is 6.04 Å². The second-order valence-corrected chi connectivity index (χ2v) is 8.08. The zero-order chi connectivity index (χ0) is 17.1. The fraction of sp³-hybridized carbons (Fsp3) is 0.833. The highest BCUT2D eigenvalue weighted by atomic mass is 16.2. The van der Waals surface area contributed by atoms with Crippen LogP contribution in [0.1, 0.15) is 67.2 Å². The molecule has 1 amide bonds. The third-order valence-corrected chi connectivity index (χ3v) is 4.35. The molecule has 0 radical (unpaired) electrons. The summed E-state index contributed by atoms with van der Waals surface area (Å²) >= 11 is 0. The summed E-state index contributed by atoms with van der Waals surface area (Å²) in [5.74, 6) is 0.120. The Morgan fingerprint density at radius 1 is 1.14 bits per heavy atom. The minimum absolute atomic E-state index is 0.0255. The lowest BCUT2D eigenvalue weighted by atomic mass is 9.77. The van der Waals surface area contributed by atoms with Crippen LogP contribution >= 0.6 is 0 Å². The van der Waals surface area contributed by atoms with E-state index in [2.05, 4.69) is 0 Å². The molecule has 2 atom stereocenters. The minimum atomic E-state index is -0.350. The van der Waals surface area contributed by atoms with Gasteiger partial charge in [-0.15, -0.1) is 0 Å². The average Bonchev–Trinajstić information content (AvgIpc) is 2.81. The van der Waals surface area contributed by atoms with Gasteiger partial charge in [0, 0.05) is 25.3 Å². The van der Waals surface area contributed by atoms with Gasteiger partial charge in [-0.25, -0.2) is 0 Å². The molecule has 1 rings (SSSR count). The average molecular weight is 309 g/mol. The molecule has 4 nitrogen and oxygen atoms in total. The Kier molecular flexibility index (Phi) is 6.33. The quantitative estimate of drug-likeness (QED) is 0.757. The number of likely N-dealkylation sites (tertiary alicyclic amines) is 1. The molecule has 0 saturated carbocycles. The molecule has 0 aromatic carbocycles. The summed E-state index contributed by atoms with van der Waals surface area (Å²) in [6.07, 6.45) is 2.40. The Labute approximate surface area is 134 Å². The molecule has 0 N–H and O–H groups in total. The number of nitrogens with zero attached hydrogens (tertiary/aromatic N) is 1. The maximum absolute atomic E-state index is 12.9. The summed E-state index contributed by atoms with van der Waals surface area (Å²) in [5.41, 5.74) is -0.281. The number of amides is 1. The summed E-state index contributed by atoms with van der Waals surface area (Å²) in [6, 6.07) is -0.285. The molecule has 126 valence electrons. The van der Waals surface area contributed by atoms with E-state index in [9.17, 15) is 14.4 Å². The van der Waals surface area contributed by atoms with Crippen LogP contribution in [-0.2, 0) is 14.4 Å². The molecule has 1 aliphatic rings. The van der Waals surface area contributed by atoms with Crippen LogP contribution in [0.2, 0.25) is 0 Å². The van der Waals surface area contributed by atoms with Crippen LogP contribution in [0.15, 0.2) is 0 Å². The monoisotopic (exact) mass is 309 g/mol. The van der Waals surface area contributed by atoms with Gasteiger partial charge in [-0.05, 0) is 31.1 Å². The lowest BCUT2D eigenvalue weighted by Gasteiger charge is -2.34. The largest absolute Gasteiger partial charge is 0.332 e. The van der Waals surface area contributed by atoms with Crippen LogP contribution in [0, 0.1) is 17.3 Å². The van der Waals surface area contributed by atoms with Crippen molar-refractivity contribution in [2.45, 2.75) is 73.3 Å². The lowest BCUT2D eigenvalue weighted by Crippen LogP contribution is -2.47. The second-order valence-electron chi connectivity index (χ2n) is 8.08. The predicted octanol–water partition coefficient (Wildman–Crippen LogP) is 3.23. The van der Waals surface area contributed by atoms with Crippen molar-refractivity contribution in [2.75, 3.05) is 6.54 Å². The first-order valence-corrected chi connectivity index (χ1v) is 8.36. The summed E-state index contributed by atoms with van der Waals surface area (Å²) in [7, 11) is 0. The first kappa shape index (κ1) is 18.9. The van der Waals surface area contributed by atoms with Gasteiger partial charge in [-0.2, -0.15) is 0 Å². The van der Waals surface area contributed by atoms with Gasteiger partial charge >= 0.3 is 0 Å². The number of carbonyl (C=O) groups excluding carboxylic acids is 3. The first-order chi connectivity index (χ1) is 10.0. The Balaban J connectivity index is 2.92. The van der Waals surface area contributed by atoms with Crippen LogP contribution in [0.5, 0.6) is 0 Å². The molecule has 1 aliphatic heterocycles. The lowest BCUT2D eigenvalue weighted by molar-refractivity contribution is -0.145. The number of carbonyl (C=O) groups is 3. The molecule has 0 spiro atoms. The van der Waals surface area contributed by atoms with Crippen molar-refractivity contribution in [3.63, 3.8) is 0 Å². The van der Waals surface area contributed by atoms with Crippen LogP contribution in [0.25, 0.3) is 0 Å². The van der Waals surface area contributed by atoms with E-state index in [1.165, 1.54) is 6.92 Å². The van der Waals surface area contributed by atoms with Crippen LogP contribution in [0.3, 0.4) is 0 Å². The number of hydrogen-bond donors (Lipinski definition) is 0. The van der Waals surface area contributed by atoms with Gasteiger partial charge in [0.2, 0.25) is 5.91 Å². The van der Waals surface area contributed by atoms with Crippen LogP contribution < -0.4 is 0 Å². The summed E-state index contributed by atoms with van der Waals surface area (Å²) < 4.78 is 0. The Morgan fingerprint density at radius 3 is 2.18 bits per heavy atom. The highest BCUT2D eigenvalue weighted by molar-refractivity contribution is 5.92. The fourth-order valence-corrected chi connectivity index (χ4v) is 3.16. The van der Waals surface area contributed by atoms with E-state index < -0.39 is 0 Å². The minimum Gasteiger partial charge on any atom is -0.332 e. The third kappa shape index (κ3) is 4.92. The zero-order valence-electron chi connectivity index (χ0n) is 14.9. The maximum atomic E-state index is 12.9. The Morgan fingerprint density at radius 2 is 1.73 bits per heavy atom. The third-order valence-electron chi connectivity index (χ3n) is 4.35. The van der Waals surface area contributed by atoms with Gasteiger partial charge < -0.3 is 9.69 Å². The molecular formula is C18H31NO3. The molecule has 0 aliphatic carbocycles. The number of ketones is 2. The summed E-state index contributed by atoms with van der Waals surface area (Å²) in [6.45, 7) is 12.2. The van der Waals surface area contributed by atoms with Crippen molar-refractivity contribution >= 4 is 17.5 Å². The van der Waals surface area contributed by atoms with E-state index in [1.807, 2.05) is 34.6 Å². The maximum Gasteiger partial charge on any atom is 0.227 e. The van der Waals surface area contributed by atoms with Crippen molar-refractivity contribution in [1.29, 1.82) is 0 Å². The molecular weight excluding hydrogens is 278 g/mol. The van der Waals surface area contributed by atoms with E-state index in [-0.39, 0.29) is 41.3 Å². The molecule has 0 aromatic heterocycles. The normalized spacial score (nSPS) is 20.3. The van der Waals surface area contributed by atoms with Crippen molar-refractivity contribution in [2.24, 2.45) is 17.3 Å². The standard InChI is InChI=1S/C18H31NO3/c1-12(2)10-16(21)15-8-7-9-19(15)17(22)14(11-13(3)20)18(4,5)6/h12,14-15H,7-11H2,1-6H3. The molecule has 22 heavy (non-hydrogen) atoms. The number of hydrogen-bond acceptors (Lipinski definition) is 3. The van der Waals surface area contributed by atoms with Gasteiger partial charge in [0.15, 0.2) is 5.78 Å². The molecule has 2 unspecified atom stereocenters. The number of Topliss-reactive ketones (excluding diaryl/α,β-unsaturated/α-hetero) is 2. The fourth-order valence-electron chi connectivity index (χ4n) is 3.16. The second kappa shape index (κ2) is 7.38. The van der Waals surface area contributed by atoms with E-state index in [0.29, 0.717) is 18.9 Å². The van der Waals surface area contributed by atoms with Crippen LogP contribution in [0.4, 0.5) is 0 Å². The molecule has 0 aromatic rings. The molecule has 0 bridgehead atoms. The molecule has 1 heterocycles.